The Morgan fingerprint density at radius 2 is 2.30 bits per heavy atom. The monoisotopic (exact) mass is 334 g/mol. The van der Waals surface area contributed by atoms with Crippen molar-refractivity contribution < 1.29 is 14.7 Å². The van der Waals surface area contributed by atoms with Gasteiger partial charge in [0.15, 0.2) is 0 Å². The first-order valence-corrected chi connectivity index (χ1v) is 7.51. The van der Waals surface area contributed by atoms with E-state index in [1.165, 1.54) is 0 Å². The number of aromatic nitrogens is 2. The fourth-order valence-corrected chi connectivity index (χ4v) is 2.86. The summed E-state index contributed by atoms with van der Waals surface area (Å²) < 4.78 is 1.89. The number of fused-ring (bicyclic) bond motifs is 1. The summed E-state index contributed by atoms with van der Waals surface area (Å²) in [7, 11) is 0. The first-order chi connectivity index (χ1) is 11.0. The Morgan fingerprint density at radius 1 is 1.48 bits per heavy atom. The van der Waals surface area contributed by atoms with Gasteiger partial charge in [0.05, 0.1) is 6.04 Å². The van der Waals surface area contributed by atoms with Gasteiger partial charge in [-0.1, -0.05) is 11.6 Å². The second-order valence-corrected chi connectivity index (χ2v) is 5.66. The molecule has 0 fully saturated rings. The van der Waals surface area contributed by atoms with Crippen molar-refractivity contribution in [2.24, 2.45) is 0 Å². The molecule has 3 N–H and O–H groups in total. The van der Waals surface area contributed by atoms with Crippen LogP contribution >= 0.6 is 11.6 Å². The lowest BCUT2D eigenvalue weighted by Gasteiger charge is -2.26. The molecule has 120 valence electrons. The molecule has 8 heteroatoms. The van der Waals surface area contributed by atoms with Crippen molar-refractivity contribution in [3.8, 4) is 11.1 Å². The van der Waals surface area contributed by atoms with E-state index in [2.05, 4.69) is 15.6 Å². The summed E-state index contributed by atoms with van der Waals surface area (Å²) in [5.41, 5.74) is 2.30. The van der Waals surface area contributed by atoms with Gasteiger partial charge in [-0.3, -0.25) is 4.79 Å². The number of carboxylic acid groups (broad SMARTS) is 1. The number of hydrogen-bond donors (Lipinski definition) is 3. The van der Waals surface area contributed by atoms with Crippen LogP contribution in [0.25, 0.3) is 11.1 Å². The summed E-state index contributed by atoms with van der Waals surface area (Å²) in [5, 5.41) is 14.2. The first-order valence-electron chi connectivity index (χ1n) is 7.13. The minimum absolute atomic E-state index is 0.000564. The highest BCUT2D eigenvalue weighted by Crippen LogP contribution is 2.28. The van der Waals surface area contributed by atoms with E-state index in [1.54, 1.807) is 18.3 Å². The molecule has 0 aromatic carbocycles. The zero-order chi connectivity index (χ0) is 16.4. The van der Waals surface area contributed by atoms with Crippen molar-refractivity contribution in [2.45, 2.75) is 12.5 Å². The van der Waals surface area contributed by atoms with Crippen LogP contribution in [0.4, 0.5) is 4.79 Å². The van der Waals surface area contributed by atoms with Gasteiger partial charge in [-0.2, -0.15) is 0 Å². The lowest BCUT2D eigenvalue weighted by molar-refractivity contribution is 0.0912. The molecule has 0 radical (unpaired) electrons. The highest BCUT2D eigenvalue weighted by Gasteiger charge is 2.25. The maximum Gasteiger partial charge on any atom is 0.404 e. The van der Waals surface area contributed by atoms with E-state index >= 15 is 0 Å². The number of pyridine rings is 1. The van der Waals surface area contributed by atoms with Crippen LogP contribution in [-0.4, -0.2) is 39.7 Å². The number of nitrogens with one attached hydrogen (secondary N) is 2. The molecule has 7 nitrogen and oxygen atoms in total. The Balaban J connectivity index is 1.87. The summed E-state index contributed by atoms with van der Waals surface area (Å²) in [6.45, 7) is 0.794. The van der Waals surface area contributed by atoms with Crippen LogP contribution in [0, 0.1) is 0 Å². The van der Waals surface area contributed by atoms with Crippen LogP contribution in [0.1, 0.15) is 23.0 Å². The molecule has 3 rings (SSSR count). The molecule has 2 aromatic heterocycles. The predicted octanol–water partition coefficient (Wildman–Crippen LogP) is 2.15. The molecule has 0 aliphatic carbocycles. The van der Waals surface area contributed by atoms with Crippen LogP contribution in [0.5, 0.6) is 0 Å². The number of hydrogen-bond acceptors (Lipinski definition) is 3. The molecular formula is C15H15ClN4O3. The van der Waals surface area contributed by atoms with E-state index in [-0.39, 0.29) is 11.9 Å². The van der Waals surface area contributed by atoms with Crippen LogP contribution in [0.3, 0.4) is 0 Å². The second kappa shape index (κ2) is 6.29. The number of rotatable bonds is 4. The van der Waals surface area contributed by atoms with Crippen molar-refractivity contribution in [1.82, 2.24) is 20.2 Å². The zero-order valence-electron chi connectivity index (χ0n) is 12.1. The second-order valence-electron chi connectivity index (χ2n) is 5.27. The van der Waals surface area contributed by atoms with Gasteiger partial charge in [0.25, 0.3) is 5.91 Å². The number of nitrogens with zero attached hydrogens (tertiary/aromatic N) is 2. The molecule has 1 atom stereocenters. The van der Waals surface area contributed by atoms with E-state index < -0.39 is 6.09 Å². The normalized spacial score (nSPS) is 16.6. The topological polar surface area (TPSA) is 96.2 Å². The van der Waals surface area contributed by atoms with Crippen molar-refractivity contribution in [2.75, 3.05) is 13.1 Å². The van der Waals surface area contributed by atoms with Crippen LogP contribution in [0.2, 0.25) is 5.15 Å². The van der Waals surface area contributed by atoms with Gasteiger partial charge in [0.2, 0.25) is 0 Å². The van der Waals surface area contributed by atoms with Crippen molar-refractivity contribution in [3.63, 3.8) is 0 Å². The largest absolute Gasteiger partial charge is 0.465 e. The molecule has 0 spiro atoms. The Labute approximate surface area is 137 Å². The van der Waals surface area contributed by atoms with Gasteiger partial charge < -0.3 is 20.3 Å². The lowest BCUT2D eigenvalue weighted by Crippen LogP contribution is -2.39. The average Bonchev–Trinajstić information content (AvgIpc) is 2.95. The third-order valence-electron chi connectivity index (χ3n) is 3.79. The molecule has 23 heavy (non-hydrogen) atoms. The fraction of sp³-hybridized carbons (Fsp3) is 0.267. The Bertz CT molecular complexity index is 759. The van der Waals surface area contributed by atoms with E-state index in [0.29, 0.717) is 30.4 Å². The van der Waals surface area contributed by atoms with Gasteiger partial charge in [-0.15, -0.1) is 0 Å². The zero-order valence-corrected chi connectivity index (χ0v) is 12.9. The predicted molar refractivity (Wildman–Crippen MR) is 84.7 cm³/mol. The van der Waals surface area contributed by atoms with Crippen molar-refractivity contribution in [1.29, 1.82) is 0 Å². The summed E-state index contributed by atoms with van der Waals surface area (Å²) in [6.07, 6.45) is 3.04. The quantitative estimate of drug-likeness (QED) is 0.746. The summed E-state index contributed by atoms with van der Waals surface area (Å²) in [4.78, 5) is 26.5. The molecule has 1 aliphatic rings. The number of carbonyl (C=O) groups excluding carboxylic acids is 1. The third-order valence-corrected chi connectivity index (χ3v) is 3.99. The molecule has 2 amide bonds. The van der Waals surface area contributed by atoms with Gasteiger partial charge >= 0.3 is 6.09 Å². The van der Waals surface area contributed by atoms with Crippen LogP contribution < -0.4 is 10.6 Å². The van der Waals surface area contributed by atoms with Gasteiger partial charge in [-0.05, 0) is 30.2 Å². The van der Waals surface area contributed by atoms with Crippen molar-refractivity contribution in [3.05, 3.63) is 41.4 Å². The molecule has 1 aliphatic heterocycles. The maximum atomic E-state index is 12.0. The van der Waals surface area contributed by atoms with E-state index in [4.69, 9.17) is 16.7 Å². The Kier molecular flexibility index (Phi) is 4.20. The Hall–Kier alpha value is -2.54. The fourth-order valence-electron chi connectivity index (χ4n) is 2.69. The summed E-state index contributed by atoms with van der Waals surface area (Å²) in [6, 6.07) is 5.37. The molecule has 0 saturated heterocycles. The van der Waals surface area contributed by atoms with Crippen molar-refractivity contribution >= 4 is 23.6 Å². The maximum absolute atomic E-state index is 12.0. The van der Waals surface area contributed by atoms with Crippen LogP contribution in [-0.2, 0) is 0 Å². The van der Waals surface area contributed by atoms with Gasteiger partial charge in [0.1, 0.15) is 10.8 Å². The minimum atomic E-state index is -1.05. The molecule has 3 heterocycles. The molecule has 2 aromatic rings. The molecular weight excluding hydrogens is 320 g/mol. The first kappa shape index (κ1) is 15.4. The molecule has 0 bridgehead atoms. The third kappa shape index (κ3) is 3.29. The smallest absolute Gasteiger partial charge is 0.404 e. The van der Waals surface area contributed by atoms with Gasteiger partial charge in [0, 0.05) is 31.0 Å². The van der Waals surface area contributed by atoms with Crippen LogP contribution in [0.15, 0.2) is 30.6 Å². The minimum Gasteiger partial charge on any atom is -0.465 e. The number of carbonyl (C=O) groups is 2. The Morgan fingerprint density at radius 3 is 3.04 bits per heavy atom. The van der Waals surface area contributed by atoms with Gasteiger partial charge in [-0.25, -0.2) is 9.78 Å². The lowest BCUT2D eigenvalue weighted by atomic mass is 10.1. The summed E-state index contributed by atoms with van der Waals surface area (Å²) in [5.74, 6) is -0.140. The van der Waals surface area contributed by atoms with E-state index in [9.17, 15) is 9.59 Å². The summed E-state index contributed by atoms with van der Waals surface area (Å²) >= 11 is 5.92. The number of halogens is 1. The van der Waals surface area contributed by atoms with E-state index in [1.807, 2.05) is 16.8 Å². The number of amides is 2. The van der Waals surface area contributed by atoms with E-state index in [0.717, 1.165) is 11.1 Å². The molecule has 1 unspecified atom stereocenters. The highest BCUT2D eigenvalue weighted by molar-refractivity contribution is 6.29. The molecule has 0 saturated carbocycles. The average molecular weight is 335 g/mol. The highest BCUT2D eigenvalue weighted by atomic mass is 35.5. The standard InChI is InChI=1S/C15H15ClN4O3/c16-13-6-9(1-3-17-13)10-5-12-14(21)19-7-11(20(12)8-10)2-4-18-15(22)23/h1,3,5-6,8,11,18H,2,4,7H2,(H,19,21)(H,22,23). The SMILES string of the molecule is O=C(O)NCCC1CNC(=O)c2cc(-c3ccnc(Cl)c3)cn21.